The zero-order chi connectivity index (χ0) is 12.6. The lowest BCUT2D eigenvalue weighted by molar-refractivity contribution is -0.138. The summed E-state index contributed by atoms with van der Waals surface area (Å²) in [5.41, 5.74) is 0.347. The Morgan fingerprint density at radius 3 is 2.56 bits per heavy atom. The second-order valence-corrected chi connectivity index (χ2v) is 4.41. The van der Waals surface area contributed by atoms with Crippen molar-refractivity contribution >= 4 is 35.1 Å². The van der Waals surface area contributed by atoms with Crippen LogP contribution in [0.5, 0.6) is 0 Å². The number of nitrogens with zero attached hydrogens (tertiary/aromatic N) is 1. The van der Waals surface area contributed by atoms with E-state index in [0.717, 1.165) is 6.08 Å². The first-order chi connectivity index (χ1) is 7.47. The molecule has 0 radical (unpaired) electrons. The predicted molar refractivity (Wildman–Crippen MR) is 63.1 cm³/mol. The maximum absolute atomic E-state index is 11.5. The van der Waals surface area contributed by atoms with E-state index in [9.17, 15) is 9.59 Å². The molecule has 6 heteroatoms. The van der Waals surface area contributed by atoms with E-state index in [-0.39, 0.29) is 13.0 Å². The van der Waals surface area contributed by atoms with Crippen molar-refractivity contribution < 1.29 is 14.3 Å². The molecule has 0 aromatic carbocycles. The molecule has 16 heavy (non-hydrogen) atoms. The van der Waals surface area contributed by atoms with Crippen LogP contribution in [0.15, 0.2) is 17.8 Å². The number of halogens is 2. The maximum Gasteiger partial charge on any atom is 0.335 e. The molecule has 0 heterocycles. The molecule has 0 atom stereocenters. The zero-order valence-electron chi connectivity index (χ0n) is 9.07. The Hall–Kier alpha value is -0.960. The monoisotopic (exact) mass is 265 g/mol. The van der Waals surface area contributed by atoms with Crippen LogP contribution in [-0.2, 0) is 14.3 Å². The number of esters is 1. The second kappa shape index (κ2) is 8.22. The van der Waals surface area contributed by atoms with Gasteiger partial charge in [0.15, 0.2) is 0 Å². The number of ether oxygens (including phenoxy) is 1. The van der Waals surface area contributed by atoms with Crippen LogP contribution in [0.4, 0.5) is 0 Å². The van der Waals surface area contributed by atoms with Crippen LogP contribution in [0.3, 0.4) is 0 Å². The van der Waals surface area contributed by atoms with Gasteiger partial charge in [0.25, 0.3) is 0 Å². The standard InChI is InChI=1S/C10H13Cl2NO3/c1-13(2)7-8(6-9(11)12)10(15)16-5-3-4-14/h3,7,9H,5-6H2,1-2H3. The highest BCUT2D eigenvalue weighted by Gasteiger charge is 2.14. The highest BCUT2D eigenvalue weighted by Crippen LogP contribution is 2.16. The van der Waals surface area contributed by atoms with Crippen molar-refractivity contribution in [3.05, 3.63) is 17.8 Å². The highest BCUT2D eigenvalue weighted by molar-refractivity contribution is 6.44. The van der Waals surface area contributed by atoms with Crippen LogP contribution in [0.25, 0.3) is 0 Å². The molecule has 0 saturated heterocycles. The van der Waals surface area contributed by atoms with Crippen molar-refractivity contribution in [1.82, 2.24) is 4.90 Å². The Kier molecular flexibility index (Phi) is 7.73. The second-order valence-electron chi connectivity index (χ2n) is 3.13. The smallest absolute Gasteiger partial charge is 0.335 e. The first-order valence-corrected chi connectivity index (χ1v) is 5.36. The summed E-state index contributed by atoms with van der Waals surface area (Å²) < 4.78 is 4.78. The van der Waals surface area contributed by atoms with Crippen LogP contribution >= 0.6 is 23.2 Å². The minimum absolute atomic E-state index is 0.109. The first-order valence-electron chi connectivity index (χ1n) is 4.49. The van der Waals surface area contributed by atoms with Gasteiger partial charge >= 0.3 is 5.97 Å². The molecule has 0 unspecified atom stereocenters. The minimum Gasteiger partial charge on any atom is -0.457 e. The summed E-state index contributed by atoms with van der Waals surface area (Å²) in [6.45, 7) is -0.109. The van der Waals surface area contributed by atoms with Crippen molar-refractivity contribution in [2.75, 3.05) is 20.7 Å². The Morgan fingerprint density at radius 2 is 2.12 bits per heavy atom. The molecular formula is C10H13Cl2NO3. The van der Waals surface area contributed by atoms with Crippen molar-refractivity contribution in [2.45, 2.75) is 11.3 Å². The lowest BCUT2D eigenvalue weighted by Crippen LogP contribution is -2.14. The fourth-order valence-corrected chi connectivity index (χ4v) is 1.24. The van der Waals surface area contributed by atoms with Gasteiger partial charge in [0.1, 0.15) is 17.4 Å². The van der Waals surface area contributed by atoms with Crippen molar-refractivity contribution in [1.29, 1.82) is 0 Å². The van der Waals surface area contributed by atoms with E-state index >= 15 is 0 Å². The summed E-state index contributed by atoms with van der Waals surface area (Å²) in [6.07, 6.45) is 2.83. The van der Waals surface area contributed by atoms with Gasteiger partial charge in [-0.05, 0) is 0 Å². The predicted octanol–water partition coefficient (Wildman–Crippen LogP) is 1.56. The summed E-state index contributed by atoms with van der Waals surface area (Å²) >= 11 is 11.2. The van der Waals surface area contributed by atoms with E-state index in [2.05, 4.69) is 0 Å². The number of hydrogen-bond donors (Lipinski definition) is 0. The van der Waals surface area contributed by atoms with Crippen molar-refractivity contribution in [2.24, 2.45) is 0 Å². The number of hydrogen-bond acceptors (Lipinski definition) is 4. The summed E-state index contributed by atoms with van der Waals surface area (Å²) in [5.74, 6) is 0.960. The van der Waals surface area contributed by atoms with Gasteiger partial charge in [0, 0.05) is 32.8 Å². The number of alkyl halides is 2. The van der Waals surface area contributed by atoms with Gasteiger partial charge in [0.05, 0.1) is 5.57 Å². The van der Waals surface area contributed by atoms with Crippen LogP contribution in [-0.4, -0.2) is 42.3 Å². The van der Waals surface area contributed by atoms with Gasteiger partial charge in [-0.1, -0.05) is 0 Å². The van der Waals surface area contributed by atoms with Crippen molar-refractivity contribution in [3.8, 4) is 0 Å². The van der Waals surface area contributed by atoms with E-state index in [1.165, 1.54) is 5.94 Å². The molecule has 0 aromatic rings. The third-order valence-corrected chi connectivity index (χ3v) is 1.74. The average Bonchev–Trinajstić information content (AvgIpc) is 2.15. The molecule has 0 saturated carbocycles. The zero-order valence-corrected chi connectivity index (χ0v) is 10.6. The van der Waals surface area contributed by atoms with E-state index in [4.69, 9.17) is 27.9 Å². The first kappa shape index (κ1) is 15.0. The maximum atomic E-state index is 11.5. The van der Waals surface area contributed by atoms with Crippen LogP contribution in [0.1, 0.15) is 6.42 Å². The van der Waals surface area contributed by atoms with Gasteiger partial charge < -0.3 is 9.64 Å². The van der Waals surface area contributed by atoms with Crippen LogP contribution < -0.4 is 0 Å². The normalized spacial score (nSPS) is 10.9. The molecule has 90 valence electrons. The Labute approximate surface area is 104 Å². The molecule has 4 nitrogen and oxygen atoms in total. The molecule has 0 N–H and O–H groups in total. The van der Waals surface area contributed by atoms with E-state index in [1.54, 1.807) is 25.2 Å². The van der Waals surface area contributed by atoms with E-state index in [0.29, 0.717) is 5.57 Å². The Morgan fingerprint density at radius 1 is 1.50 bits per heavy atom. The van der Waals surface area contributed by atoms with Gasteiger partial charge in [-0.15, -0.1) is 23.2 Å². The van der Waals surface area contributed by atoms with Gasteiger partial charge in [0.2, 0.25) is 0 Å². The van der Waals surface area contributed by atoms with E-state index in [1.807, 2.05) is 0 Å². The quantitative estimate of drug-likeness (QED) is 0.317. The summed E-state index contributed by atoms with van der Waals surface area (Å²) in [5, 5.41) is 0. The number of carbonyl (C=O) groups is 1. The van der Waals surface area contributed by atoms with Gasteiger partial charge in [-0.2, -0.15) is 0 Å². The molecule has 0 rings (SSSR count). The SMILES string of the molecule is CN(C)C=C(CC(Cl)Cl)C(=O)OCC=C=O. The van der Waals surface area contributed by atoms with Crippen LogP contribution in [0.2, 0.25) is 0 Å². The molecule has 0 spiro atoms. The lowest BCUT2D eigenvalue weighted by atomic mass is 10.2. The molecule has 0 aromatic heterocycles. The molecule has 0 aliphatic rings. The summed E-state index contributed by atoms with van der Waals surface area (Å²) in [7, 11) is 3.52. The molecule has 0 amide bonds. The fraction of sp³-hybridized carbons (Fsp3) is 0.500. The number of rotatable bonds is 6. The summed E-state index contributed by atoms with van der Waals surface area (Å²) in [6, 6.07) is 0. The molecule has 0 fully saturated rings. The minimum atomic E-state index is -0.680. The highest BCUT2D eigenvalue weighted by atomic mass is 35.5. The van der Waals surface area contributed by atoms with Gasteiger partial charge in [-0.3, -0.25) is 0 Å². The molecule has 0 bridgehead atoms. The molecule has 0 aliphatic carbocycles. The third-order valence-electron chi connectivity index (χ3n) is 1.43. The van der Waals surface area contributed by atoms with Gasteiger partial charge in [-0.25, -0.2) is 9.59 Å². The Balaban J connectivity index is 4.50. The lowest BCUT2D eigenvalue weighted by Gasteiger charge is -2.11. The van der Waals surface area contributed by atoms with E-state index < -0.39 is 10.8 Å². The Bertz CT molecular complexity index is 307. The largest absolute Gasteiger partial charge is 0.457 e. The molecule has 0 aliphatic heterocycles. The average molecular weight is 266 g/mol. The topological polar surface area (TPSA) is 46.6 Å². The summed E-state index contributed by atoms with van der Waals surface area (Å²) in [4.78, 5) is 22.4. The fourth-order valence-electron chi connectivity index (χ4n) is 0.911. The molecular weight excluding hydrogens is 253 g/mol. The third kappa shape index (κ3) is 7.35. The number of carbonyl (C=O) groups excluding carboxylic acids is 2. The van der Waals surface area contributed by atoms with Crippen LogP contribution in [0, 0.1) is 0 Å². The van der Waals surface area contributed by atoms with Crippen molar-refractivity contribution in [3.63, 3.8) is 0 Å².